The molecule has 5 nitrogen and oxygen atoms in total. The summed E-state index contributed by atoms with van der Waals surface area (Å²) in [5.74, 6) is -0.368. The Bertz CT molecular complexity index is 780. The van der Waals surface area contributed by atoms with E-state index >= 15 is 0 Å². The molecule has 3 rings (SSSR count). The monoisotopic (exact) mass is 339 g/mol. The van der Waals surface area contributed by atoms with E-state index in [0.717, 1.165) is 10.7 Å². The van der Waals surface area contributed by atoms with E-state index in [2.05, 4.69) is 24.6 Å². The maximum atomic E-state index is 12.3. The van der Waals surface area contributed by atoms with Crippen LogP contribution in [0.1, 0.15) is 46.0 Å². The molecule has 2 aromatic carbocycles. The van der Waals surface area contributed by atoms with Gasteiger partial charge in [0.15, 0.2) is 5.11 Å². The number of amides is 2. The lowest BCUT2D eigenvalue weighted by atomic mass is 10.0. The fourth-order valence-corrected chi connectivity index (χ4v) is 2.71. The number of fused-ring (bicyclic) bond motifs is 1. The number of nitrogens with zero attached hydrogens (tertiary/aromatic N) is 1. The van der Waals surface area contributed by atoms with Crippen molar-refractivity contribution in [3.63, 3.8) is 0 Å². The van der Waals surface area contributed by atoms with E-state index in [-0.39, 0.29) is 5.11 Å². The summed E-state index contributed by atoms with van der Waals surface area (Å²) < 4.78 is 0. The van der Waals surface area contributed by atoms with Crippen LogP contribution in [0.2, 0.25) is 0 Å². The first kappa shape index (κ1) is 16.1. The molecule has 0 unspecified atom stereocenters. The fraction of sp³-hybridized carbons (Fsp3) is 0.167. The third-order valence-corrected chi connectivity index (χ3v) is 4.04. The van der Waals surface area contributed by atoms with Gasteiger partial charge in [-0.3, -0.25) is 15.0 Å². The summed E-state index contributed by atoms with van der Waals surface area (Å²) in [4.78, 5) is 24.5. The molecule has 2 amide bonds. The highest BCUT2D eigenvalue weighted by Gasteiger charge is 2.35. The topological polar surface area (TPSA) is 61.4 Å². The van der Waals surface area contributed by atoms with Gasteiger partial charge in [-0.2, -0.15) is 5.01 Å². The number of imide groups is 1. The van der Waals surface area contributed by atoms with Crippen LogP contribution in [0.15, 0.2) is 48.5 Å². The minimum atomic E-state index is -0.407. The molecular formula is C18H17N3O2S. The molecule has 0 atom stereocenters. The molecule has 0 spiro atoms. The van der Waals surface area contributed by atoms with E-state index in [0.29, 0.717) is 17.0 Å². The van der Waals surface area contributed by atoms with Gasteiger partial charge in [-0.05, 0) is 48.0 Å². The Kier molecular flexibility index (Phi) is 4.31. The molecule has 1 heterocycles. The summed E-state index contributed by atoms with van der Waals surface area (Å²) in [6, 6.07) is 14.5. The van der Waals surface area contributed by atoms with Gasteiger partial charge < -0.3 is 5.32 Å². The Hall–Kier alpha value is -2.73. The van der Waals surface area contributed by atoms with Crippen molar-refractivity contribution in [3.8, 4) is 0 Å². The molecule has 0 radical (unpaired) electrons. The van der Waals surface area contributed by atoms with Crippen LogP contribution >= 0.6 is 12.2 Å². The normalized spacial score (nSPS) is 13.2. The molecule has 2 aromatic rings. The number of rotatable bonds is 3. The highest BCUT2D eigenvalue weighted by atomic mass is 32.1. The summed E-state index contributed by atoms with van der Waals surface area (Å²) in [5, 5.41) is 4.09. The lowest BCUT2D eigenvalue weighted by Crippen LogP contribution is -2.47. The van der Waals surface area contributed by atoms with Gasteiger partial charge >= 0.3 is 0 Å². The molecular weight excluding hydrogens is 322 g/mol. The first-order valence-electron chi connectivity index (χ1n) is 7.63. The average Bonchev–Trinajstić information content (AvgIpc) is 2.81. The predicted molar refractivity (Wildman–Crippen MR) is 96.8 cm³/mol. The summed E-state index contributed by atoms with van der Waals surface area (Å²) in [5.41, 5.74) is 5.42. The number of anilines is 1. The number of thiocarbonyl (C=S) groups is 1. The van der Waals surface area contributed by atoms with Crippen molar-refractivity contribution in [1.82, 2.24) is 10.4 Å². The molecule has 24 heavy (non-hydrogen) atoms. The zero-order valence-corrected chi connectivity index (χ0v) is 14.2. The quantitative estimate of drug-likeness (QED) is 0.664. The predicted octanol–water partition coefficient (Wildman–Crippen LogP) is 3.31. The molecule has 0 fully saturated rings. The van der Waals surface area contributed by atoms with E-state index in [1.807, 2.05) is 24.3 Å². The number of carbonyl (C=O) groups excluding carboxylic acids is 2. The Labute approximate surface area is 145 Å². The van der Waals surface area contributed by atoms with Crippen molar-refractivity contribution < 1.29 is 9.59 Å². The maximum absolute atomic E-state index is 12.3. The van der Waals surface area contributed by atoms with Crippen molar-refractivity contribution in [3.05, 3.63) is 65.2 Å². The zero-order chi connectivity index (χ0) is 17.3. The Morgan fingerprint density at radius 3 is 2.00 bits per heavy atom. The van der Waals surface area contributed by atoms with E-state index in [1.165, 1.54) is 5.56 Å². The number of hydrogen-bond acceptors (Lipinski definition) is 3. The molecule has 6 heteroatoms. The van der Waals surface area contributed by atoms with Crippen molar-refractivity contribution in [2.75, 3.05) is 5.32 Å². The van der Waals surface area contributed by atoms with Crippen molar-refractivity contribution >= 4 is 34.8 Å². The second kappa shape index (κ2) is 6.41. The van der Waals surface area contributed by atoms with Gasteiger partial charge in [0.25, 0.3) is 11.8 Å². The lowest BCUT2D eigenvalue weighted by Gasteiger charge is -2.18. The Morgan fingerprint density at radius 2 is 1.50 bits per heavy atom. The Balaban J connectivity index is 1.68. The molecule has 1 aliphatic rings. The van der Waals surface area contributed by atoms with Crippen LogP contribution < -0.4 is 10.7 Å². The SMILES string of the molecule is CC(C)c1ccc(NC(=S)NN2C(=O)c3ccccc3C2=O)cc1. The number of benzene rings is 2. The third-order valence-electron chi connectivity index (χ3n) is 3.84. The van der Waals surface area contributed by atoms with Gasteiger partial charge in [0, 0.05) is 5.69 Å². The molecule has 0 aliphatic carbocycles. The van der Waals surface area contributed by atoms with Crippen LogP contribution in [-0.4, -0.2) is 21.9 Å². The van der Waals surface area contributed by atoms with Gasteiger partial charge in [-0.15, -0.1) is 0 Å². The van der Waals surface area contributed by atoms with Gasteiger partial charge in [0.1, 0.15) is 0 Å². The lowest BCUT2D eigenvalue weighted by molar-refractivity contribution is 0.0613. The smallest absolute Gasteiger partial charge is 0.280 e. The van der Waals surface area contributed by atoms with E-state index in [4.69, 9.17) is 12.2 Å². The van der Waals surface area contributed by atoms with Crippen LogP contribution in [-0.2, 0) is 0 Å². The average molecular weight is 339 g/mol. The summed E-state index contributed by atoms with van der Waals surface area (Å²) in [6.45, 7) is 4.24. The van der Waals surface area contributed by atoms with Crippen LogP contribution in [0.4, 0.5) is 5.69 Å². The van der Waals surface area contributed by atoms with E-state index in [1.54, 1.807) is 24.3 Å². The summed E-state index contributed by atoms with van der Waals surface area (Å²) in [7, 11) is 0. The van der Waals surface area contributed by atoms with E-state index in [9.17, 15) is 9.59 Å². The van der Waals surface area contributed by atoms with Crippen LogP contribution in [0.3, 0.4) is 0 Å². The zero-order valence-electron chi connectivity index (χ0n) is 13.4. The first-order chi connectivity index (χ1) is 11.5. The third kappa shape index (κ3) is 3.00. The molecule has 0 bridgehead atoms. The van der Waals surface area contributed by atoms with Crippen LogP contribution in [0.5, 0.6) is 0 Å². The molecule has 2 N–H and O–H groups in total. The fourth-order valence-electron chi connectivity index (χ4n) is 2.50. The summed E-state index contributed by atoms with van der Waals surface area (Å²) in [6.07, 6.45) is 0. The van der Waals surface area contributed by atoms with Gasteiger partial charge in [-0.25, -0.2) is 0 Å². The Morgan fingerprint density at radius 1 is 0.958 bits per heavy atom. The van der Waals surface area contributed by atoms with Crippen molar-refractivity contribution in [2.24, 2.45) is 0 Å². The number of carbonyl (C=O) groups is 2. The van der Waals surface area contributed by atoms with Gasteiger partial charge in [0.2, 0.25) is 0 Å². The standard InChI is InChI=1S/C18H17N3O2S/c1-11(2)12-7-9-13(10-8-12)19-18(24)20-21-16(22)14-5-3-4-6-15(14)17(21)23/h3-11H,1-2H3,(H2,19,20,24). The second-order valence-corrected chi connectivity index (χ2v) is 6.24. The summed E-state index contributed by atoms with van der Waals surface area (Å²) >= 11 is 5.21. The van der Waals surface area contributed by atoms with Crippen LogP contribution in [0.25, 0.3) is 0 Å². The van der Waals surface area contributed by atoms with Crippen LogP contribution in [0, 0.1) is 0 Å². The second-order valence-electron chi connectivity index (χ2n) is 5.83. The molecule has 0 saturated heterocycles. The molecule has 0 aromatic heterocycles. The maximum Gasteiger partial charge on any atom is 0.280 e. The number of hydrazine groups is 1. The van der Waals surface area contributed by atoms with Crippen molar-refractivity contribution in [1.29, 1.82) is 0 Å². The number of hydrogen-bond donors (Lipinski definition) is 2. The van der Waals surface area contributed by atoms with Gasteiger partial charge in [0.05, 0.1) is 11.1 Å². The van der Waals surface area contributed by atoms with E-state index < -0.39 is 11.8 Å². The highest BCUT2D eigenvalue weighted by molar-refractivity contribution is 7.80. The molecule has 122 valence electrons. The van der Waals surface area contributed by atoms with Gasteiger partial charge in [-0.1, -0.05) is 38.1 Å². The minimum absolute atomic E-state index is 0.182. The number of nitrogens with one attached hydrogen (secondary N) is 2. The van der Waals surface area contributed by atoms with Crippen molar-refractivity contribution in [2.45, 2.75) is 19.8 Å². The highest BCUT2D eigenvalue weighted by Crippen LogP contribution is 2.21. The largest absolute Gasteiger partial charge is 0.331 e. The minimum Gasteiger partial charge on any atom is -0.331 e. The molecule has 0 saturated carbocycles. The molecule has 1 aliphatic heterocycles. The first-order valence-corrected chi connectivity index (χ1v) is 8.03.